The van der Waals surface area contributed by atoms with Crippen molar-refractivity contribution in [3.63, 3.8) is 0 Å². The number of aliphatic carboxylic acids is 1. The molecule has 20 heavy (non-hydrogen) atoms. The van der Waals surface area contributed by atoms with E-state index >= 15 is 0 Å². The third-order valence-corrected chi connectivity index (χ3v) is 2.81. The Labute approximate surface area is 116 Å². The van der Waals surface area contributed by atoms with Crippen molar-refractivity contribution in [2.45, 2.75) is 25.3 Å². The third kappa shape index (κ3) is 4.13. The number of phenolic OH excluding ortho intramolecular Hbond substituents is 2. The second kappa shape index (κ2) is 7.34. The Morgan fingerprint density at radius 1 is 1.25 bits per heavy atom. The number of nitrogens with one attached hydrogen (secondary N) is 1. The van der Waals surface area contributed by atoms with E-state index in [9.17, 15) is 19.8 Å². The van der Waals surface area contributed by atoms with Crippen molar-refractivity contribution < 1.29 is 24.9 Å². The number of benzene rings is 1. The van der Waals surface area contributed by atoms with Crippen molar-refractivity contribution in [2.75, 3.05) is 6.54 Å². The van der Waals surface area contributed by atoms with Crippen molar-refractivity contribution >= 4 is 11.9 Å². The van der Waals surface area contributed by atoms with E-state index in [1.807, 2.05) is 0 Å². The monoisotopic (exact) mass is 282 g/mol. The van der Waals surface area contributed by atoms with Crippen LogP contribution < -0.4 is 11.1 Å². The molecule has 110 valence electrons. The molecule has 0 aliphatic carbocycles. The fraction of sp³-hybridized carbons (Fsp3) is 0.385. The van der Waals surface area contributed by atoms with Crippen molar-refractivity contribution in [3.8, 4) is 11.5 Å². The highest BCUT2D eigenvalue weighted by atomic mass is 16.4. The smallest absolute Gasteiger partial charge is 0.326 e. The molecule has 0 radical (unpaired) electrons. The zero-order valence-corrected chi connectivity index (χ0v) is 10.9. The summed E-state index contributed by atoms with van der Waals surface area (Å²) < 4.78 is 0. The Bertz CT molecular complexity index is 490. The van der Waals surface area contributed by atoms with E-state index in [1.54, 1.807) is 0 Å². The van der Waals surface area contributed by atoms with Crippen molar-refractivity contribution in [1.29, 1.82) is 0 Å². The molecule has 1 rings (SSSR count). The van der Waals surface area contributed by atoms with Gasteiger partial charge in [-0.25, -0.2) is 4.79 Å². The third-order valence-electron chi connectivity index (χ3n) is 2.81. The molecule has 0 spiro atoms. The maximum atomic E-state index is 11.9. The number of amides is 1. The molecule has 7 heteroatoms. The molecular weight excluding hydrogens is 264 g/mol. The second-order valence-electron chi connectivity index (χ2n) is 4.32. The van der Waals surface area contributed by atoms with E-state index in [-0.39, 0.29) is 12.0 Å². The number of rotatable bonds is 7. The predicted octanol–water partition coefficient (Wildman–Crippen LogP) is 0.410. The van der Waals surface area contributed by atoms with Gasteiger partial charge in [-0.15, -0.1) is 0 Å². The molecule has 1 atom stereocenters. The standard InChI is InChI=1S/C13H18N2O5/c14-7-2-1-5-9(13(19)20)15-12(18)8-4-3-6-10(16)11(8)17/h3-4,6,9,16-17H,1-2,5,7,14H2,(H,15,18)(H,19,20)/t9-/m0/s1. The molecule has 7 nitrogen and oxygen atoms in total. The number of carboxylic acids is 1. The Hall–Kier alpha value is -2.28. The molecule has 1 aromatic carbocycles. The number of carbonyl (C=O) groups is 2. The first-order valence-electron chi connectivity index (χ1n) is 6.22. The molecule has 0 saturated heterocycles. The first kappa shape index (κ1) is 15.8. The Morgan fingerprint density at radius 2 is 1.95 bits per heavy atom. The lowest BCUT2D eigenvalue weighted by Gasteiger charge is -2.15. The molecule has 0 aliphatic rings. The lowest BCUT2D eigenvalue weighted by Crippen LogP contribution is -2.40. The summed E-state index contributed by atoms with van der Waals surface area (Å²) in [4.78, 5) is 22.9. The summed E-state index contributed by atoms with van der Waals surface area (Å²) in [6.07, 6.45) is 1.48. The zero-order valence-electron chi connectivity index (χ0n) is 10.9. The minimum Gasteiger partial charge on any atom is -0.504 e. The summed E-state index contributed by atoms with van der Waals surface area (Å²) in [5.41, 5.74) is 5.15. The Kier molecular flexibility index (Phi) is 5.79. The molecule has 0 fully saturated rings. The minimum absolute atomic E-state index is 0.171. The first-order valence-corrected chi connectivity index (χ1v) is 6.22. The van der Waals surface area contributed by atoms with Gasteiger partial charge in [0.15, 0.2) is 11.5 Å². The van der Waals surface area contributed by atoms with Gasteiger partial charge in [-0.1, -0.05) is 6.07 Å². The fourth-order valence-electron chi connectivity index (χ4n) is 1.70. The second-order valence-corrected chi connectivity index (χ2v) is 4.32. The van der Waals surface area contributed by atoms with Gasteiger partial charge in [-0.05, 0) is 37.9 Å². The van der Waals surface area contributed by atoms with Gasteiger partial charge in [-0.3, -0.25) is 4.79 Å². The number of phenols is 2. The molecule has 0 aliphatic heterocycles. The summed E-state index contributed by atoms with van der Waals surface area (Å²) >= 11 is 0. The quantitative estimate of drug-likeness (QED) is 0.363. The van der Waals surface area contributed by atoms with Crippen LogP contribution in [0.4, 0.5) is 0 Å². The summed E-state index contributed by atoms with van der Waals surface area (Å²) in [6.45, 7) is 0.452. The fourth-order valence-corrected chi connectivity index (χ4v) is 1.70. The summed E-state index contributed by atoms with van der Waals surface area (Å²) in [5, 5.41) is 30.2. The minimum atomic E-state index is -1.16. The van der Waals surface area contributed by atoms with Crippen molar-refractivity contribution in [2.24, 2.45) is 5.73 Å². The van der Waals surface area contributed by atoms with Crippen LogP contribution in [0.3, 0.4) is 0 Å². The number of hydrogen-bond donors (Lipinski definition) is 5. The topological polar surface area (TPSA) is 133 Å². The van der Waals surface area contributed by atoms with Crippen molar-refractivity contribution in [3.05, 3.63) is 23.8 Å². The molecule has 0 aromatic heterocycles. The highest BCUT2D eigenvalue weighted by Crippen LogP contribution is 2.28. The van der Waals surface area contributed by atoms with Crippen LogP contribution in [-0.2, 0) is 4.79 Å². The van der Waals surface area contributed by atoms with Gasteiger partial charge < -0.3 is 26.4 Å². The molecule has 0 bridgehead atoms. The highest BCUT2D eigenvalue weighted by molar-refractivity contribution is 5.99. The number of para-hydroxylation sites is 1. The number of aromatic hydroxyl groups is 2. The molecule has 0 unspecified atom stereocenters. The summed E-state index contributed by atoms with van der Waals surface area (Å²) in [6, 6.07) is 2.84. The Balaban J connectivity index is 2.75. The number of unbranched alkanes of at least 4 members (excludes halogenated alkanes) is 1. The molecular formula is C13H18N2O5. The lowest BCUT2D eigenvalue weighted by atomic mass is 10.1. The predicted molar refractivity (Wildman–Crippen MR) is 71.6 cm³/mol. The normalized spacial score (nSPS) is 11.8. The average molecular weight is 282 g/mol. The van der Waals surface area contributed by atoms with Crippen LogP contribution in [0.5, 0.6) is 11.5 Å². The number of nitrogens with two attached hydrogens (primary N) is 1. The van der Waals surface area contributed by atoms with Gasteiger partial charge in [0, 0.05) is 0 Å². The van der Waals surface area contributed by atoms with Crippen molar-refractivity contribution in [1.82, 2.24) is 5.32 Å². The van der Waals surface area contributed by atoms with Gasteiger partial charge in [0.1, 0.15) is 6.04 Å². The van der Waals surface area contributed by atoms with E-state index < -0.39 is 29.4 Å². The van der Waals surface area contributed by atoms with Crippen LogP contribution in [0, 0.1) is 0 Å². The maximum absolute atomic E-state index is 11.9. The van der Waals surface area contributed by atoms with E-state index in [0.29, 0.717) is 19.4 Å². The Morgan fingerprint density at radius 3 is 2.55 bits per heavy atom. The highest BCUT2D eigenvalue weighted by Gasteiger charge is 2.22. The van der Waals surface area contributed by atoms with Gasteiger partial charge in [0.25, 0.3) is 5.91 Å². The average Bonchev–Trinajstić information content (AvgIpc) is 2.40. The maximum Gasteiger partial charge on any atom is 0.326 e. The molecule has 1 aromatic rings. The molecule has 1 amide bonds. The summed E-state index contributed by atoms with van der Waals surface area (Å²) in [7, 11) is 0. The molecule has 0 heterocycles. The number of carbonyl (C=O) groups excluding carboxylic acids is 1. The SMILES string of the molecule is NCCCC[C@H](NC(=O)c1cccc(O)c1O)C(=O)O. The largest absolute Gasteiger partial charge is 0.504 e. The van der Waals surface area contributed by atoms with Gasteiger partial charge in [-0.2, -0.15) is 0 Å². The number of carboxylic acid groups (broad SMARTS) is 1. The zero-order chi connectivity index (χ0) is 15.1. The van der Waals surface area contributed by atoms with Gasteiger partial charge in [0.2, 0.25) is 0 Å². The first-order chi connectivity index (χ1) is 9.47. The van der Waals surface area contributed by atoms with Crippen LogP contribution in [0.1, 0.15) is 29.6 Å². The van der Waals surface area contributed by atoms with Gasteiger partial charge >= 0.3 is 5.97 Å². The van der Waals surface area contributed by atoms with Gasteiger partial charge in [0.05, 0.1) is 5.56 Å². The van der Waals surface area contributed by atoms with E-state index in [2.05, 4.69) is 5.32 Å². The van der Waals surface area contributed by atoms with Crippen LogP contribution >= 0.6 is 0 Å². The van der Waals surface area contributed by atoms with Crippen LogP contribution in [0.15, 0.2) is 18.2 Å². The van der Waals surface area contributed by atoms with Crippen LogP contribution in [0.2, 0.25) is 0 Å². The van der Waals surface area contributed by atoms with E-state index in [1.165, 1.54) is 18.2 Å². The lowest BCUT2D eigenvalue weighted by molar-refractivity contribution is -0.139. The summed E-state index contributed by atoms with van der Waals surface area (Å²) in [5.74, 6) is -2.92. The molecule has 0 saturated carbocycles. The number of hydrogen-bond acceptors (Lipinski definition) is 5. The molecule has 6 N–H and O–H groups in total. The van der Waals surface area contributed by atoms with E-state index in [4.69, 9.17) is 10.8 Å². The van der Waals surface area contributed by atoms with Crippen LogP contribution in [-0.4, -0.2) is 39.8 Å². The van der Waals surface area contributed by atoms with E-state index in [0.717, 1.165) is 0 Å². The van der Waals surface area contributed by atoms with Crippen LogP contribution in [0.25, 0.3) is 0 Å².